The number of aromatic nitrogens is 2. The highest BCUT2D eigenvalue weighted by atomic mass is 32.2. The van der Waals surface area contributed by atoms with Gasteiger partial charge >= 0.3 is 0 Å². The summed E-state index contributed by atoms with van der Waals surface area (Å²) in [4.78, 5) is 2.30. The fourth-order valence-corrected chi connectivity index (χ4v) is 4.38. The minimum atomic E-state index is -0.614. The van der Waals surface area contributed by atoms with Gasteiger partial charge in [0.15, 0.2) is 0 Å². The van der Waals surface area contributed by atoms with E-state index < -0.39 is 17.7 Å². The number of hydrogen-bond donors (Lipinski definition) is 1. The van der Waals surface area contributed by atoms with E-state index in [0.717, 1.165) is 36.7 Å². The second-order valence-corrected chi connectivity index (χ2v) is 8.01. The van der Waals surface area contributed by atoms with Crippen molar-refractivity contribution < 1.29 is 13.5 Å². The molecular weight excluding hydrogens is 358 g/mol. The average molecular weight is 380 g/mol. The SMILES string of the molecule is CCSn1cc2c(n1)CN(C1CO[C@H](c3cc(F)ccc3F)C(N)C1)C2. The van der Waals surface area contributed by atoms with E-state index in [1.54, 1.807) is 11.9 Å². The Balaban J connectivity index is 1.41. The predicted molar refractivity (Wildman–Crippen MR) is 96.4 cm³/mol. The van der Waals surface area contributed by atoms with E-state index in [4.69, 9.17) is 10.5 Å². The quantitative estimate of drug-likeness (QED) is 0.884. The zero-order valence-corrected chi connectivity index (χ0v) is 15.4. The number of fused-ring (bicyclic) bond motifs is 1. The van der Waals surface area contributed by atoms with E-state index in [-0.39, 0.29) is 17.6 Å². The van der Waals surface area contributed by atoms with Gasteiger partial charge < -0.3 is 10.5 Å². The van der Waals surface area contributed by atoms with Crippen LogP contribution in [-0.4, -0.2) is 38.5 Å². The van der Waals surface area contributed by atoms with Gasteiger partial charge in [-0.15, -0.1) is 0 Å². The molecule has 5 nitrogen and oxygen atoms in total. The van der Waals surface area contributed by atoms with Gasteiger partial charge in [-0.25, -0.2) is 12.9 Å². The Labute approximate surface area is 155 Å². The highest BCUT2D eigenvalue weighted by Gasteiger charge is 2.37. The van der Waals surface area contributed by atoms with Crippen LogP contribution in [0.1, 0.15) is 36.3 Å². The third-order valence-electron chi connectivity index (χ3n) is 5.03. The van der Waals surface area contributed by atoms with Gasteiger partial charge in [-0.05, 0) is 36.6 Å². The molecule has 2 aliphatic heterocycles. The lowest BCUT2D eigenvalue weighted by Crippen LogP contribution is -2.47. The summed E-state index contributed by atoms with van der Waals surface area (Å²) in [5.41, 5.74) is 8.80. The van der Waals surface area contributed by atoms with Crippen molar-refractivity contribution in [2.24, 2.45) is 5.73 Å². The molecule has 140 valence electrons. The summed E-state index contributed by atoms with van der Waals surface area (Å²) in [6, 6.07) is 3.18. The maximum absolute atomic E-state index is 14.0. The molecule has 2 aromatic rings. The van der Waals surface area contributed by atoms with Gasteiger partial charge in [-0.1, -0.05) is 6.92 Å². The smallest absolute Gasteiger partial charge is 0.129 e. The van der Waals surface area contributed by atoms with Crippen molar-refractivity contribution in [3.05, 3.63) is 52.9 Å². The minimum absolute atomic E-state index is 0.152. The van der Waals surface area contributed by atoms with Gasteiger partial charge in [0.1, 0.15) is 17.7 Å². The largest absolute Gasteiger partial charge is 0.370 e. The molecule has 0 amide bonds. The Morgan fingerprint density at radius 3 is 2.92 bits per heavy atom. The summed E-state index contributed by atoms with van der Waals surface area (Å²) in [6.07, 6.45) is 2.14. The molecule has 0 saturated carbocycles. The van der Waals surface area contributed by atoms with Crippen molar-refractivity contribution in [2.75, 3.05) is 12.4 Å². The highest BCUT2D eigenvalue weighted by Crippen LogP contribution is 2.34. The second-order valence-electron chi connectivity index (χ2n) is 6.80. The summed E-state index contributed by atoms with van der Waals surface area (Å²) < 4.78 is 35.3. The lowest BCUT2D eigenvalue weighted by molar-refractivity contribution is -0.0533. The molecular formula is C18H22F2N4OS. The summed E-state index contributed by atoms with van der Waals surface area (Å²) in [7, 11) is 0. The fraction of sp³-hybridized carbons (Fsp3) is 0.500. The number of ether oxygens (including phenoxy) is 1. The van der Waals surface area contributed by atoms with Crippen molar-refractivity contribution in [1.29, 1.82) is 0 Å². The normalized spacial score (nSPS) is 26.2. The van der Waals surface area contributed by atoms with E-state index in [9.17, 15) is 8.78 Å². The van der Waals surface area contributed by atoms with Gasteiger partial charge in [-0.2, -0.15) is 5.10 Å². The number of benzene rings is 1. The van der Waals surface area contributed by atoms with E-state index in [2.05, 4.69) is 23.1 Å². The zero-order valence-electron chi connectivity index (χ0n) is 14.6. The molecule has 0 aliphatic carbocycles. The molecule has 2 unspecified atom stereocenters. The number of rotatable bonds is 4. The topological polar surface area (TPSA) is 56.3 Å². The van der Waals surface area contributed by atoms with Crippen molar-refractivity contribution in [3.63, 3.8) is 0 Å². The van der Waals surface area contributed by atoms with Crippen LogP contribution < -0.4 is 5.73 Å². The number of nitrogens with zero attached hydrogens (tertiary/aromatic N) is 3. The number of hydrogen-bond acceptors (Lipinski definition) is 5. The van der Waals surface area contributed by atoms with Crippen LogP contribution in [-0.2, 0) is 17.8 Å². The van der Waals surface area contributed by atoms with Crippen LogP contribution in [0, 0.1) is 11.6 Å². The second kappa shape index (κ2) is 7.26. The molecule has 0 spiro atoms. The number of halogens is 2. The van der Waals surface area contributed by atoms with Crippen molar-refractivity contribution in [1.82, 2.24) is 14.1 Å². The average Bonchev–Trinajstić information content (AvgIpc) is 3.16. The lowest BCUT2D eigenvalue weighted by Gasteiger charge is -2.38. The molecule has 1 aromatic carbocycles. The predicted octanol–water partition coefficient (Wildman–Crippen LogP) is 2.85. The molecule has 3 heterocycles. The molecule has 1 fully saturated rings. The van der Waals surface area contributed by atoms with Gasteiger partial charge in [0.05, 0.1) is 12.3 Å². The molecule has 26 heavy (non-hydrogen) atoms. The van der Waals surface area contributed by atoms with Crippen LogP contribution >= 0.6 is 11.9 Å². The summed E-state index contributed by atoms with van der Waals surface area (Å²) in [5.74, 6) is 0.0216. The van der Waals surface area contributed by atoms with Crippen LogP contribution in [0.2, 0.25) is 0 Å². The molecule has 8 heteroatoms. The van der Waals surface area contributed by atoms with Gasteiger partial charge in [-0.3, -0.25) is 4.90 Å². The third kappa shape index (κ3) is 3.38. The lowest BCUT2D eigenvalue weighted by atomic mass is 9.93. The Morgan fingerprint density at radius 1 is 1.35 bits per heavy atom. The van der Waals surface area contributed by atoms with Crippen molar-refractivity contribution in [3.8, 4) is 0 Å². The highest BCUT2D eigenvalue weighted by molar-refractivity contribution is 7.97. The van der Waals surface area contributed by atoms with E-state index in [0.29, 0.717) is 13.0 Å². The van der Waals surface area contributed by atoms with E-state index in [1.165, 1.54) is 11.6 Å². The van der Waals surface area contributed by atoms with E-state index in [1.807, 2.05) is 4.09 Å². The third-order valence-corrected chi connectivity index (χ3v) is 5.74. The fourth-order valence-electron chi connectivity index (χ4n) is 3.76. The number of nitrogens with two attached hydrogens (primary N) is 1. The molecule has 1 saturated heterocycles. The molecule has 0 bridgehead atoms. The summed E-state index contributed by atoms with van der Waals surface area (Å²) in [5, 5.41) is 4.60. The maximum Gasteiger partial charge on any atom is 0.129 e. The minimum Gasteiger partial charge on any atom is -0.370 e. The molecule has 3 atom stereocenters. The van der Waals surface area contributed by atoms with Gasteiger partial charge in [0.2, 0.25) is 0 Å². The summed E-state index contributed by atoms with van der Waals surface area (Å²) in [6.45, 7) is 4.14. The monoisotopic (exact) mass is 380 g/mol. The first-order chi connectivity index (χ1) is 12.5. The van der Waals surface area contributed by atoms with Crippen LogP contribution in [0.3, 0.4) is 0 Å². The Kier molecular flexibility index (Phi) is 5.00. The van der Waals surface area contributed by atoms with E-state index >= 15 is 0 Å². The molecule has 2 N–H and O–H groups in total. The van der Waals surface area contributed by atoms with Crippen LogP contribution in [0.15, 0.2) is 24.4 Å². The standard InChI is InChI=1S/C18H22F2N4OS/c1-2-26-24-8-11-7-23(9-17(11)22-24)13-6-16(21)18(25-10-13)14-5-12(19)3-4-15(14)20/h3-5,8,13,16,18H,2,6-7,9-10,21H2,1H3/t13?,16?,18-/m1/s1. The first-order valence-electron chi connectivity index (χ1n) is 8.82. The Morgan fingerprint density at radius 2 is 2.19 bits per heavy atom. The van der Waals surface area contributed by atoms with Crippen LogP contribution in [0.25, 0.3) is 0 Å². The first-order valence-corrected chi connectivity index (χ1v) is 9.76. The van der Waals surface area contributed by atoms with Crippen LogP contribution in [0.5, 0.6) is 0 Å². The maximum atomic E-state index is 14.0. The molecule has 2 aliphatic rings. The van der Waals surface area contributed by atoms with Gasteiger partial charge in [0.25, 0.3) is 0 Å². The summed E-state index contributed by atoms with van der Waals surface area (Å²) >= 11 is 1.67. The molecule has 0 radical (unpaired) electrons. The Hall–Kier alpha value is -1.48. The first kappa shape index (κ1) is 17.9. The van der Waals surface area contributed by atoms with Crippen LogP contribution in [0.4, 0.5) is 8.78 Å². The van der Waals surface area contributed by atoms with Gasteiger partial charge in [0, 0.05) is 48.2 Å². The van der Waals surface area contributed by atoms with Crippen molar-refractivity contribution >= 4 is 11.9 Å². The Bertz CT molecular complexity index is 776. The molecule has 4 rings (SSSR count). The molecule has 1 aromatic heterocycles. The van der Waals surface area contributed by atoms with Crippen molar-refractivity contribution in [2.45, 2.75) is 44.6 Å². The zero-order chi connectivity index (χ0) is 18.3.